The molecule has 0 saturated heterocycles. The van der Waals surface area contributed by atoms with Crippen molar-refractivity contribution in [2.24, 2.45) is 0 Å². The van der Waals surface area contributed by atoms with Crippen molar-refractivity contribution in [1.29, 1.82) is 0 Å². The van der Waals surface area contributed by atoms with Gasteiger partial charge in [-0.25, -0.2) is 4.98 Å². The molecule has 0 atom stereocenters. The van der Waals surface area contributed by atoms with Crippen molar-refractivity contribution in [3.05, 3.63) is 42.5 Å². The van der Waals surface area contributed by atoms with Crippen molar-refractivity contribution in [2.75, 3.05) is 30.9 Å². The molecule has 6 nitrogen and oxygen atoms in total. The van der Waals surface area contributed by atoms with Crippen LogP contribution in [-0.4, -0.2) is 38.0 Å². The molecule has 148 valence electrons. The van der Waals surface area contributed by atoms with E-state index in [1.807, 2.05) is 18.2 Å². The lowest BCUT2D eigenvalue weighted by Gasteiger charge is -2.15. The van der Waals surface area contributed by atoms with Crippen molar-refractivity contribution in [3.63, 3.8) is 0 Å². The predicted molar refractivity (Wildman–Crippen MR) is 101 cm³/mol. The number of thiazole rings is 1. The number of hydrogen-bond acceptors (Lipinski definition) is 6. The fourth-order valence-corrected chi connectivity index (χ4v) is 3.41. The largest absolute Gasteiger partial charge is 0.573 e. The number of anilines is 2. The molecular formula is C18H16F3N3O3S. The number of rotatable bonds is 6. The minimum absolute atomic E-state index is 0.0168. The summed E-state index contributed by atoms with van der Waals surface area (Å²) in [7, 11) is 3.29. The van der Waals surface area contributed by atoms with Gasteiger partial charge < -0.3 is 19.7 Å². The van der Waals surface area contributed by atoms with Crippen molar-refractivity contribution in [3.8, 4) is 11.5 Å². The molecule has 1 N–H and O–H groups in total. The number of benzene rings is 2. The molecule has 0 aliphatic carbocycles. The first-order valence-electron chi connectivity index (χ1n) is 8.05. The third-order valence-electron chi connectivity index (χ3n) is 3.67. The van der Waals surface area contributed by atoms with Gasteiger partial charge >= 0.3 is 6.36 Å². The number of alkyl halides is 3. The Kier molecular flexibility index (Phi) is 5.59. The highest BCUT2D eigenvalue weighted by Gasteiger charge is 2.31. The Hall–Kier alpha value is -3.01. The second-order valence-corrected chi connectivity index (χ2v) is 6.79. The van der Waals surface area contributed by atoms with Crippen molar-refractivity contribution < 1.29 is 27.4 Å². The van der Waals surface area contributed by atoms with E-state index < -0.39 is 6.36 Å². The summed E-state index contributed by atoms with van der Waals surface area (Å²) >= 11 is 1.42. The number of nitrogens with zero attached hydrogens (tertiary/aromatic N) is 2. The zero-order valence-corrected chi connectivity index (χ0v) is 15.7. The van der Waals surface area contributed by atoms with Crippen LogP contribution >= 0.6 is 11.3 Å². The number of likely N-dealkylation sites (N-methyl/N-ethyl adjacent to an activating group) is 1. The number of carbonyl (C=O) groups excluding carboxylic acids is 1. The van der Waals surface area contributed by atoms with Crippen LogP contribution in [0.5, 0.6) is 11.5 Å². The van der Waals surface area contributed by atoms with E-state index in [-0.39, 0.29) is 18.2 Å². The zero-order valence-electron chi connectivity index (χ0n) is 14.9. The maximum atomic E-state index is 12.2. The Labute approximate surface area is 162 Å². The average molecular weight is 411 g/mol. The van der Waals surface area contributed by atoms with Crippen LogP contribution in [-0.2, 0) is 4.79 Å². The van der Waals surface area contributed by atoms with E-state index in [0.717, 1.165) is 22.3 Å². The summed E-state index contributed by atoms with van der Waals surface area (Å²) in [6, 6.07) is 10.5. The minimum Gasteiger partial charge on any atom is -0.494 e. The second kappa shape index (κ2) is 7.93. The third-order valence-corrected chi connectivity index (χ3v) is 4.80. The Bertz CT molecular complexity index is 974. The Balaban J connectivity index is 1.63. The molecule has 0 fully saturated rings. The van der Waals surface area contributed by atoms with Gasteiger partial charge in [-0.15, -0.1) is 13.2 Å². The maximum Gasteiger partial charge on any atom is 0.573 e. The number of amides is 1. The molecule has 28 heavy (non-hydrogen) atoms. The first-order valence-corrected chi connectivity index (χ1v) is 8.87. The molecule has 3 aromatic rings. The average Bonchev–Trinajstić information content (AvgIpc) is 3.06. The van der Waals surface area contributed by atoms with Gasteiger partial charge in [-0.1, -0.05) is 17.4 Å². The number of aromatic nitrogens is 1. The van der Waals surface area contributed by atoms with Crippen molar-refractivity contribution in [1.82, 2.24) is 4.98 Å². The molecule has 0 saturated carbocycles. The molecule has 3 rings (SSSR count). The van der Waals surface area contributed by atoms with E-state index in [9.17, 15) is 18.0 Å². The summed E-state index contributed by atoms with van der Waals surface area (Å²) in [6.45, 7) is 0.0168. The summed E-state index contributed by atoms with van der Waals surface area (Å²) in [5.74, 6) is -0.0386. The lowest BCUT2D eigenvalue weighted by atomic mass is 10.3. The molecule has 0 unspecified atom stereocenters. The number of nitrogens with one attached hydrogen (secondary N) is 1. The third kappa shape index (κ3) is 4.83. The molecule has 2 aromatic carbocycles. The fraction of sp³-hybridized carbons (Fsp3) is 0.222. The molecule has 1 heterocycles. The molecule has 0 aliphatic rings. The monoisotopic (exact) mass is 411 g/mol. The van der Waals surface area contributed by atoms with Crippen LogP contribution in [0, 0.1) is 0 Å². The first kappa shape index (κ1) is 19.7. The summed E-state index contributed by atoms with van der Waals surface area (Å²) in [4.78, 5) is 18.4. The number of halogens is 3. The molecule has 0 bridgehead atoms. The van der Waals surface area contributed by atoms with E-state index in [2.05, 4.69) is 15.0 Å². The van der Waals surface area contributed by atoms with Gasteiger partial charge in [0.15, 0.2) is 5.13 Å². The van der Waals surface area contributed by atoms with Gasteiger partial charge in [0, 0.05) is 12.7 Å². The molecule has 1 aromatic heterocycles. The van der Waals surface area contributed by atoms with Gasteiger partial charge in [-0.3, -0.25) is 4.79 Å². The van der Waals surface area contributed by atoms with Crippen LogP contribution in [0.1, 0.15) is 0 Å². The van der Waals surface area contributed by atoms with Crippen LogP contribution in [0.25, 0.3) is 10.2 Å². The number of methoxy groups -OCH3 is 1. The van der Waals surface area contributed by atoms with Gasteiger partial charge in [-0.05, 0) is 36.4 Å². The van der Waals surface area contributed by atoms with E-state index in [0.29, 0.717) is 16.6 Å². The molecule has 10 heteroatoms. The normalized spacial score (nSPS) is 11.3. The minimum atomic E-state index is -4.76. The summed E-state index contributed by atoms with van der Waals surface area (Å²) < 4.78 is 46.5. The highest BCUT2D eigenvalue weighted by molar-refractivity contribution is 7.22. The Morgan fingerprint density at radius 2 is 1.93 bits per heavy atom. The summed E-state index contributed by atoms with van der Waals surface area (Å²) in [5, 5.41) is 3.27. The number of carbonyl (C=O) groups is 1. The molecule has 0 radical (unpaired) electrons. The first-order chi connectivity index (χ1) is 13.2. The number of para-hydroxylation sites is 1. The zero-order chi connectivity index (χ0) is 20.3. The van der Waals surface area contributed by atoms with E-state index in [4.69, 9.17) is 4.74 Å². The van der Waals surface area contributed by atoms with Crippen molar-refractivity contribution >= 4 is 38.3 Å². The van der Waals surface area contributed by atoms with Crippen LogP contribution in [0.2, 0.25) is 0 Å². The van der Waals surface area contributed by atoms with Crippen LogP contribution in [0.4, 0.5) is 24.0 Å². The van der Waals surface area contributed by atoms with Gasteiger partial charge in [0.1, 0.15) is 17.0 Å². The van der Waals surface area contributed by atoms with Crippen molar-refractivity contribution in [2.45, 2.75) is 6.36 Å². The maximum absolute atomic E-state index is 12.2. The predicted octanol–water partition coefficient (Wildman–Crippen LogP) is 4.28. The van der Waals surface area contributed by atoms with Gasteiger partial charge in [0.05, 0.1) is 18.4 Å². The number of ether oxygens (including phenoxy) is 2. The van der Waals surface area contributed by atoms with E-state index in [1.54, 1.807) is 19.1 Å². The summed E-state index contributed by atoms with van der Waals surface area (Å²) in [6.07, 6.45) is -4.76. The second-order valence-electron chi connectivity index (χ2n) is 5.78. The van der Waals surface area contributed by atoms with Gasteiger partial charge in [0.25, 0.3) is 0 Å². The number of hydrogen-bond donors (Lipinski definition) is 1. The lowest BCUT2D eigenvalue weighted by molar-refractivity contribution is -0.274. The number of fused-ring (bicyclic) bond motifs is 1. The smallest absolute Gasteiger partial charge is 0.494 e. The Morgan fingerprint density at radius 3 is 2.57 bits per heavy atom. The SMILES string of the molecule is COc1cccc2sc(N(C)CC(=O)Nc3ccc(OC(F)(F)F)cc3)nc12. The van der Waals surface area contributed by atoms with Crippen LogP contribution in [0.3, 0.4) is 0 Å². The lowest BCUT2D eigenvalue weighted by Crippen LogP contribution is -2.29. The molecular weight excluding hydrogens is 395 g/mol. The van der Waals surface area contributed by atoms with Crippen LogP contribution in [0.15, 0.2) is 42.5 Å². The molecule has 1 amide bonds. The molecule has 0 spiro atoms. The van der Waals surface area contributed by atoms with E-state index in [1.165, 1.54) is 23.5 Å². The van der Waals surface area contributed by atoms with E-state index >= 15 is 0 Å². The highest BCUT2D eigenvalue weighted by Crippen LogP contribution is 2.33. The molecule has 0 aliphatic heterocycles. The van der Waals surface area contributed by atoms with Gasteiger partial charge in [-0.2, -0.15) is 0 Å². The summed E-state index contributed by atoms with van der Waals surface area (Å²) in [5.41, 5.74) is 1.08. The topological polar surface area (TPSA) is 63.7 Å². The highest BCUT2D eigenvalue weighted by atomic mass is 32.1. The quantitative estimate of drug-likeness (QED) is 0.656. The fourth-order valence-electron chi connectivity index (χ4n) is 2.46. The van der Waals surface area contributed by atoms with Crippen LogP contribution < -0.4 is 19.7 Å². The standard InChI is InChI=1S/C18H16F3N3O3S/c1-24(17-23-16-13(26-2)4-3-5-14(16)28-17)10-15(25)22-11-6-8-12(9-7-11)27-18(19,20)21/h3-9H,10H2,1-2H3,(H,22,25). The Morgan fingerprint density at radius 1 is 1.21 bits per heavy atom. The van der Waals surface area contributed by atoms with Gasteiger partial charge in [0.2, 0.25) is 5.91 Å².